The molecule has 0 aliphatic carbocycles. The minimum atomic E-state index is -1.03. The first-order valence-electron chi connectivity index (χ1n) is 8.56. The molecule has 1 unspecified atom stereocenters. The smallest absolute Gasteiger partial charge is 0.344 e. The Hall–Kier alpha value is -2.48. The molecule has 1 aliphatic heterocycles. The largest absolute Gasteiger partial charge is 0.493 e. The van der Waals surface area contributed by atoms with E-state index in [0.29, 0.717) is 24.6 Å². The number of carbonyl (C=O) groups is 2. The van der Waals surface area contributed by atoms with Crippen molar-refractivity contribution in [3.63, 3.8) is 0 Å². The fraction of sp³-hybridized carbons (Fsp3) is 0.556. The van der Waals surface area contributed by atoms with Gasteiger partial charge in [0.05, 0.1) is 7.11 Å². The van der Waals surface area contributed by atoms with Gasteiger partial charge in [0.2, 0.25) is 0 Å². The molecule has 0 spiro atoms. The van der Waals surface area contributed by atoms with Gasteiger partial charge in [-0.2, -0.15) is 0 Å². The van der Waals surface area contributed by atoms with Crippen LogP contribution in [0.15, 0.2) is 18.2 Å². The van der Waals surface area contributed by atoms with E-state index in [1.807, 2.05) is 17.0 Å². The molecule has 1 saturated heterocycles. The summed E-state index contributed by atoms with van der Waals surface area (Å²) in [6, 6.07) is 5.55. The van der Waals surface area contributed by atoms with Crippen molar-refractivity contribution >= 4 is 12.0 Å². The van der Waals surface area contributed by atoms with Gasteiger partial charge in [0.25, 0.3) is 0 Å². The van der Waals surface area contributed by atoms with Crippen molar-refractivity contribution in [1.82, 2.24) is 14.7 Å². The summed E-state index contributed by atoms with van der Waals surface area (Å²) in [4.78, 5) is 28.6. The van der Waals surface area contributed by atoms with Crippen LogP contribution in [0.1, 0.15) is 12.5 Å². The number of urea groups is 1. The molecule has 1 atom stereocenters. The lowest BCUT2D eigenvalue weighted by molar-refractivity contribution is -0.144. The summed E-state index contributed by atoms with van der Waals surface area (Å²) in [6.45, 7) is 5.21. The first kappa shape index (κ1) is 19.8. The maximum absolute atomic E-state index is 12.0. The molecular weight excluding hydrogens is 338 g/mol. The van der Waals surface area contributed by atoms with Gasteiger partial charge in [0, 0.05) is 46.8 Å². The normalized spacial score (nSPS) is 16.1. The lowest BCUT2D eigenvalue weighted by Crippen LogP contribution is -2.51. The Morgan fingerprint density at radius 3 is 2.38 bits per heavy atom. The van der Waals surface area contributed by atoms with Crippen molar-refractivity contribution in [2.75, 3.05) is 47.4 Å². The third-order valence-electron chi connectivity index (χ3n) is 4.31. The quantitative estimate of drug-likeness (QED) is 0.819. The molecule has 26 heavy (non-hydrogen) atoms. The second kappa shape index (κ2) is 8.75. The number of ether oxygens (including phenoxy) is 2. The number of aliphatic carboxylic acids is 1. The zero-order valence-corrected chi connectivity index (χ0v) is 15.8. The van der Waals surface area contributed by atoms with Gasteiger partial charge in [-0.25, -0.2) is 9.59 Å². The van der Waals surface area contributed by atoms with E-state index < -0.39 is 12.1 Å². The standard InChI is InChI=1S/C18H27N3O5/c1-13(17(22)23)26-15-6-5-14(11-16(15)25-4)12-20-7-9-21(10-8-20)18(24)19(2)3/h5-6,11,13H,7-10,12H2,1-4H3,(H,22,23). The number of carbonyl (C=O) groups excluding carboxylic acids is 1. The molecule has 0 saturated carbocycles. The Bertz CT molecular complexity index is 642. The SMILES string of the molecule is COc1cc(CN2CCN(C(=O)N(C)C)CC2)ccc1OC(C)C(=O)O. The van der Waals surface area contributed by atoms with Crippen LogP contribution in [-0.4, -0.2) is 85.3 Å². The molecule has 8 heteroatoms. The molecule has 0 aromatic heterocycles. The van der Waals surface area contributed by atoms with Crippen LogP contribution in [0.3, 0.4) is 0 Å². The van der Waals surface area contributed by atoms with Crippen LogP contribution in [0.5, 0.6) is 11.5 Å². The molecule has 0 radical (unpaired) electrons. The number of methoxy groups -OCH3 is 1. The maximum Gasteiger partial charge on any atom is 0.344 e. The fourth-order valence-electron chi connectivity index (χ4n) is 2.79. The van der Waals surface area contributed by atoms with Gasteiger partial charge >= 0.3 is 12.0 Å². The summed E-state index contributed by atoms with van der Waals surface area (Å²) in [7, 11) is 5.05. The topological polar surface area (TPSA) is 82.5 Å². The zero-order valence-electron chi connectivity index (χ0n) is 15.8. The highest BCUT2D eigenvalue weighted by Gasteiger charge is 2.22. The molecule has 2 rings (SSSR count). The van der Waals surface area contributed by atoms with Crippen LogP contribution in [0.25, 0.3) is 0 Å². The zero-order chi connectivity index (χ0) is 19.3. The first-order chi connectivity index (χ1) is 12.3. The third kappa shape index (κ3) is 5.01. The summed E-state index contributed by atoms with van der Waals surface area (Å²) < 4.78 is 10.8. The monoisotopic (exact) mass is 365 g/mol. The molecular formula is C18H27N3O5. The van der Waals surface area contributed by atoms with Gasteiger partial charge in [-0.05, 0) is 24.6 Å². The Morgan fingerprint density at radius 2 is 1.85 bits per heavy atom. The van der Waals surface area contributed by atoms with E-state index in [2.05, 4.69) is 4.90 Å². The predicted molar refractivity (Wildman–Crippen MR) is 96.7 cm³/mol. The summed E-state index contributed by atoms with van der Waals surface area (Å²) in [5, 5.41) is 8.97. The molecule has 144 valence electrons. The van der Waals surface area contributed by atoms with Gasteiger partial charge in [-0.1, -0.05) is 6.07 Å². The van der Waals surface area contributed by atoms with Crippen LogP contribution in [0.4, 0.5) is 4.79 Å². The number of piperazine rings is 1. The summed E-state index contributed by atoms with van der Waals surface area (Å²) in [5.74, 6) is -0.106. The van der Waals surface area contributed by atoms with Crippen LogP contribution in [0.2, 0.25) is 0 Å². The molecule has 1 fully saturated rings. The van der Waals surface area contributed by atoms with Crippen LogP contribution >= 0.6 is 0 Å². The summed E-state index contributed by atoms with van der Waals surface area (Å²) in [5.41, 5.74) is 1.05. The molecule has 1 aromatic rings. The maximum atomic E-state index is 12.0. The van der Waals surface area contributed by atoms with E-state index in [1.54, 1.807) is 25.1 Å². The molecule has 8 nitrogen and oxygen atoms in total. The number of carboxylic acids is 1. The predicted octanol–water partition coefficient (Wildman–Crippen LogP) is 1.35. The lowest BCUT2D eigenvalue weighted by Gasteiger charge is -2.36. The van der Waals surface area contributed by atoms with Crippen molar-refractivity contribution in [2.45, 2.75) is 19.6 Å². The number of rotatable bonds is 6. The highest BCUT2D eigenvalue weighted by molar-refractivity contribution is 5.74. The highest BCUT2D eigenvalue weighted by atomic mass is 16.5. The highest BCUT2D eigenvalue weighted by Crippen LogP contribution is 2.29. The van der Waals surface area contributed by atoms with Crippen LogP contribution in [0, 0.1) is 0 Å². The Labute approximate surface area is 153 Å². The van der Waals surface area contributed by atoms with Crippen molar-refractivity contribution in [3.8, 4) is 11.5 Å². The number of amides is 2. The number of hydrogen-bond acceptors (Lipinski definition) is 5. The van der Waals surface area contributed by atoms with E-state index in [4.69, 9.17) is 14.6 Å². The second-order valence-corrected chi connectivity index (χ2v) is 6.52. The van der Waals surface area contributed by atoms with Crippen molar-refractivity contribution in [1.29, 1.82) is 0 Å². The van der Waals surface area contributed by atoms with Gasteiger partial charge in [0.1, 0.15) is 0 Å². The van der Waals surface area contributed by atoms with Crippen molar-refractivity contribution in [3.05, 3.63) is 23.8 Å². The van der Waals surface area contributed by atoms with Crippen molar-refractivity contribution in [2.24, 2.45) is 0 Å². The molecule has 1 aliphatic rings. The number of benzene rings is 1. The van der Waals surface area contributed by atoms with E-state index in [1.165, 1.54) is 14.0 Å². The molecule has 1 aromatic carbocycles. The number of hydrogen-bond donors (Lipinski definition) is 1. The lowest BCUT2D eigenvalue weighted by atomic mass is 10.1. The van der Waals surface area contributed by atoms with E-state index in [0.717, 1.165) is 25.2 Å². The van der Waals surface area contributed by atoms with Crippen molar-refractivity contribution < 1.29 is 24.2 Å². The van der Waals surface area contributed by atoms with Gasteiger partial charge < -0.3 is 24.4 Å². The summed E-state index contributed by atoms with van der Waals surface area (Å²) in [6.07, 6.45) is -0.947. The molecule has 2 amide bonds. The number of carboxylic acid groups (broad SMARTS) is 1. The average molecular weight is 365 g/mol. The average Bonchev–Trinajstić information content (AvgIpc) is 2.62. The number of nitrogens with zero attached hydrogens (tertiary/aromatic N) is 3. The Kier molecular flexibility index (Phi) is 6.68. The minimum Gasteiger partial charge on any atom is -0.493 e. The van der Waals surface area contributed by atoms with Crippen LogP contribution in [-0.2, 0) is 11.3 Å². The molecule has 0 bridgehead atoms. The van der Waals surface area contributed by atoms with Gasteiger partial charge in [-0.3, -0.25) is 4.90 Å². The third-order valence-corrected chi connectivity index (χ3v) is 4.31. The van der Waals surface area contributed by atoms with E-state index in [-0.39, 0.29) is 6.03 Å². The van der Waals surface area contributed by atoms with Gasteiger partial charge in [0.15, 0.2) is 17.6 Å². The minimum absolute atomic E-state index is 0.0420. The first-order valence-corrected chi connectivity index (χ1v) is 8.56. The van der Waals surface area contributed by atoms with E-state index >= 15 is 0 Å². The van der Waals surface area contributed by atoms with Gasteiger partial charge in [-0.15, -0.1) is 0 Å². The summed E-state index contributed by atoms with van der Waals surface area (Å²) >= 11 is 0. The Morgan fingerprint density at radius 1 is 1.19 bits per heavy atom. The van der Waals surface area contributed by atoms with E-state index in [9.17, 15) is 9.59 Å². The van der Waals surface area contributed by atoms with Crippen LogP contribution < -0.4 is 9.47 Å². The second-order valence-electron chi connectivity index (χ2n) is 6.52. The molecule has 1 heterocycles. The molecule has 1 N–H and O–H groups in total. The fourth-order valence-corrected chi connectivity index (χ4v) is 2.79. The Balaban J connectivity index is 1.96.